The van der Waals surface area contributed by atoms with Crippen LogP contribution in [-0.4, -0.2) is 46.8 Å². The number of carbonyl (C=O) groups is 1. The Morgan fingerprint density at radius 3 is 2.80 bits per heavy atom. The Morgan fingerprint density at radius 2 is 2.07 bits per heavy atom. The number of Topliss-reactive ketones (excluding diaryl/α,β-unsaturated/α-hetero) is 1. The molecule has 0 bridgehead atoms. The average molecular weight is 404 g/mol. The molecule has 8 heteroatoms. The summed E-state index contributed by atoms with van der Waals surface area (Å²) < 4.78 is 14.2. The van der Waals surface area contributed by atoms with Crippen LogP contribution in [0.2, 0.25) is 0 Å². The van der Waals surface area contributed by atoms with Crippen molar-refractivity contribution < 1.29 is 9.18 Å². The standard InChI is InChI=1S/C22H21FN6O/c1-24-8-12-2-4-13(5-3-12)16-9-25-17-7-14(23)6-15-18(30)10-26-21(19(15)17)20(16)22-27-11-28-29-22/h2-7,11,16,20,24-25H,8-10H2,1H3,(H,27,28,29). The van der Waals surface area contributed by atoms with Crippen LogP contribution in [0.3, 0.4) is 0 Å². The minimum Gasteiger partial charge on any atom is -0.384 e. The van der Waals surface area contributed by atoms with Crippen LogP contribution in [0.25, 0.3) is 0 Å². The van der Waals surface area contributed by atoms with Crippen LogP contribution in [0.1, 0.15) is 44.7 Å². The minimum atomic E-state index is -0.433. The summed E-state index contributed by atoms with van der Waals surface area (Å²) in [6.45, 7) is 1.33. The van der Waals surface area contributed by atoms with Gasteiger partial charge in [0, 0.05) is 35.8 Å². The van der Waals surface area contributed by atoms with Crippen LogP contribution in [0.15, 0.2) is 47.7 Å². The number of H-pyrrole nitrogens is 1. The summed E-state index contributed by atoms with van der Waals surface area (Å²) in [5.41, 5.74) is 4.67. The molecule has 0 spiro atoms. The Bertz CT molecular complexity index is 1120. The lowest BCUT2D eigenvalue weighted by Crippen LogP contribution is -2.28. The van der Waals surface area contributed by atoms with E-state index in [9.17, 15) is 9.18 Å². The van der Waals surface area contributed by atoms with Crippen LogP contribution in [-0.2, 0) is 6.54 Å². The molecule has 0 radical (unpaired) electrons. The number of carbonyl (C=O) groups excluding carboxylic acids is 1. The molecule has 0 amide bonds. The van der Waals surface area contributed by atoms with Gasteiger partial charge < -0.3 is 10.6 Å². The number of nitrogens with zero attached hydrogens (tertiary/aromatic N) is 3. The third kappa shape index (κ3) is 3.09. The number of hydrogen-bond acceptors (Lipinski definition) is 6. The SMILES string of the molecule is CNCc1ccc(C2CNc3cc(F)cc4c3C(=NCC4=O)C2c2ncn[nH]2)cc1. The third-order valence-electron chi connectivity index (χ3n) is 5.78. The first-order chi connectivity index (χ1) is 14.7. The molecule has 2 aliphatic heterocycles. The van der Waals surface area contributed by atoms with Gasteiger partial charge in [0.25, 0.3) is 0 Å². The molecule has 30 heavy (non-hydrogen) atoms. The summed E-state index contributed by atoms with van der Waals surface area (Å²) in [7, 11) is 1.92. The monoisotopic (exact) mass is 404 g/mol. The Labute approximate surface area is 172 Å². The summed E-state index contributed by atoms with van der Waals surface area (Å²) in [6.07, 6.45) is 1.47. The molecule has 0 saturated heterocycles. The fourth-order valence-electron chi connectivity index (χ4n) is 4.43. The lowest BCUT2D eigenvalue weighted by Gasteiger charge is -2.27. The summed E-state index contributed by atoms with van der Waals surface area (Å²) in [4.78, 5) is 21.5. The van der Waals surface area contributed by atoms with E-state index in [1.165, 1.54) is 24.0 Å². The maximum atomic E-state index is 14.2. The molecule has 3 N–H and O–H groups in total. The van der Waals surface area contributed by atoms with Crippen LogP contribution in [0, 0.1) is 5.82 Å². The van der Waals surface area contributed by atoms with Gasteiger partial charge in [0.2, 0.25) is 0 Å². The van der Waals surface area contributed by atoms with Gasteiger partial charge in [-0.15, -0.1) is 0 Å². The molecule has 3 aromatic rings. The van der Waals surface area contributed by atoms with Crippen molar-refractivity contribution in [2.24, 2.45) is 4.99 Å². The lowest BCUT2D eigenvalue weighted by molar-refractivity contribution is 0.0999. The molecule has 0 fully saturated rings. The van der Waals surface area contributed by atoms with E-state index in [1.807, 2.05) is 7.05 Å². The molecule has 3 heterocycles. The van der Waals surface area contributed by atoms with E-state index in [0.29, 0.717) is 29.2 Å². The number of nitrogens with one attached hydrogen (secondary N) is 3. The average Bonchev–Trinajstić information content (AvgIpc) is 3.22. The number of ketones is 1. The first kappa shape index (κ1) is 18.6. The van der Waals surface area contributed by atoms with Crippen molar-refractivity contribution in [1.82, 2.24) is 20.5 Å². The molecule has 0 aliphatic carbocycles. The smallest absolute Gasteiger partial charge is 0.185 e. The minimum absolute atomic E-state index is 0.00366. The van der Waals surface area contributed by atoms with Crippen LogP contribution in [0.4, 0.5) is 10.1 Å². The van der Waals surface area contributed by atoms with Gasteiger partial charge >= 0.3 is 0 Å². The first-order valence-electron chi connectivity index (χ1n) is 9.89. The fraction of sp³-hybridized carbons (Fsp3) is 0.273. The van der Waals surface area contributed by atoms with Gasteiger partial charge in [0.15, 0.2) is 5.78 Å². The topological polar surface area (TPSA) is 95.1 Å². The van der Waals surface area contributed by atoms with E-state index in [1.54, 1.807) is 0 Å². The normalized spacial score (nSPS) is 20.2. The second-order valence-electron chi connectivity index (χ2n) is 7.61. The van der Waals surface area contributed by atoms with Crippen molar-refractivity contribution in [3.8, 4) is 0 Å². The summed E-state index contributed by atoms with van der Waals surface area (Å²) in [5.74, 6) is -0.206. The van der Waals surface area contributed by atoms with Gasteiger partial charge in [0.05, 0.1) is 11.6 Å². The van der Waals surface area contributed by atoms with E-state index in [4.69, 9.17) is 0 Å². The molecule has 1 aromatic heterocycles. The Balaban J connectivity index is 1.66. The second-order valence-corrected chi connectivity index (χ2v) is 7.61. The van der Waals surface area contributed by atoms with Crippen molar-refractivity contribution in [2.45, 2.75) is 18.4 Å². The van der Waals surface area contributed by atoms with Gasteiger partial charge in [-0.05, 0) is 30.3 Å². The van der Waals surface area contributed by atoms with Gasteiger partial charge in [-0.25, -0.2) is 9.37 Å². The number of benzene rings is 2. The summed E-state index contributed by atoms with van der Waals surface area (Å²) in [6, 6.07) is 11.1. The van der Waals surface area contributed by atoms with E-state index in [-0.39, 0.29) is 24.2 Å². The maximum absolute atomic E-state index is 14.2. The van der Waals surface area contributed by atoms with E-state index in [2.05, 4.69) is 55.1 Å². The van der Waals surface area contributed by atoms with Crippen molar-refractivity contribution in [2.75, 3.05) is 25.5 Å². The number of rotatable bonds is 4. The van der Waals surface area contributed by atoms with Crippen LogP contribution >= 0.6 is 0 Å². The zero-order valence-electron chi connectivity index (χ0n) is 16.4. The van der Waals surface area contributed by atoms with E-state index in [0.717, 1.165) is 17.8 Å². The van der Waals surface area contributed by atoms with E-state index >= 15 is 0 Å². The van der Waals surface area contributed by atoms with Gasteiger partial charge in [-0.1, -0.05) is 24.3 Å². The van der Waals surface area contributed by atoms with Crippen LogP contribution < -0.4 is 10.6 Å². The van der Waals surface area contributed by atoms with Crippen LogP contribution in [0.5, 0.6) is 0 Å². The molecule has 7 nitrogen and oxygen atoms in total. The molecule has 2 atom stereocenters. The molecular weight excluding hydrogens is 383 g/mol. The van der Waals surface area contributed by atoms with E-state index < -0.39 is 5.82 Å². The molecule has 152 valence electrons. The second kappa shape index (κ2) is 7.46. The Morgan fingerprint density at radius 1 is 1.23 bits per heavy atom. The van der Waals surface area contributed by atoms with Gasteiger partial charge in [-0.3, -0.25) is 14.9 Å². The highest BCUT2D eigenvalue weighted by molar-refractivity contribution is 6.20. The van der Waals surface area contributed by atoms with Crippen molar-refractivity contribution in [3.63, 3.8) is 0 Å². The quantitative estimate of drug-likeness (QED) is 0.621. The zero-order chi connectivity index (χ0) is 20.7. The van der Waals surface area contributed by atoms with Gasteiger partial charge in [-0.2, -0.15) is 5.10 Å². The molecule has 0 saturated carbocycles. The number of halogens is 1. The Kier molecular flexibility index (Phi) is 4.63. The molecule has 2 aromatic carbocycles. The number of aromatic amines is 1. The molecule has 2 aliphatic rings. The highest BCUT2D eigenvalue weighted by atomic mass is 19.1. The first-order valence-corrected chi connectivity index (χ1v) is 9.89. The molecule has 2 unspecified atom stereocenters. The fourth-order valence-corrected chi connectivity index (χ4v) is 4.43. The number of aromatic nitrogens is 3. The van der Waals surface area contributed by atoms with Crippen molar-refractivity contribution in [1.29, 1.82) is 0 Å². The highest BCUT2D eigenvalue weighted by Gasteiger charge is 2.39. The maximum Gasteiger partial charge on any atom is 0.185 e. The number of aliphatic imine (C=N–C) groups is 1. The third-order valence-corrected chi connectivity index (χ3v) is 5.78. The summed E-state index contributed by atoms with van der Waals surface area (Å²) in [5, 5.41) is 13.5. The number of hydrogen-bond donors (Lipinski definition) is 3. The summed E-state index contributed by atoms with van der Waals surface area (Å²) >= 11 is 0. The molecular formula is C22H21FN6O. The lowest BCUT2D eigenvalue weighted by atomic mass is 9.78. The highest BCUT2D eigenvalue weighted by Crippen LogP contribution is 2.42. The number of anilines is 1. The van der Waals surface area contributed by atoms with Crippen molar-refractivity contribution >= 4 is 17.2 Å². The predicted octanol–water partition coefficient (Wildman–Crippen LogP) is 2.64. The predicted molar refractivity (Wildman–Crippen MR) is 112 cm³/mol. The van der Waals surface area contributed by atoms with Crippen molar-refractivity contribution in [3.05, 3.63) is 76.6 Å². The zero-order valence-corrected chi connectivity index (χ0v) is 16.4. The Hall–Kier alpha value is -3.39. The molecule has 5 rings (SSSR count). The largest absolute Gasteiger partial charge is 0.384 e. The van der Waals surface area contributed by atoms with Gasteiger partial charge in [0.1, 0.15) is 24.5 Å².